The van der Waals surface area contributed by atoms with Crippen LogP contribution in [0.5, 0.6) is 0 Å². The summed E-state index contributed by atoms with van der Waals surface area (Å²) in [5.74, 6) is 0.948. The summed E-state index contributed by atoms with van der Waals surface area (Å²) in [4.78, 5) is 25.8. The van der Waals surface area contributed by atoms with Gasteiger partial charge in [0, 0.05) is 18.4 Å². The van der Waals surface area contributed by atoms with Crippen molar-refractivity contribution in [3.8, 4) is 5.69 Å². The van der Waals surface area contributed by atoms with Gasteiger partial charge in [0.05, 0.1) is 11.6 Å². The average Bonchev–Trinajstić information content (AvgIpc) is 3.02. The van der Waals surface area contributed by atoms with Crippen LogP contribution in [0.15, 0.2) is 41.2 Å². The maximum atomic E-state index is 12.9. The Morgan fingerprint density at radius 1 is 1.19 bits per heavy atom. The Hall–Kier alpha value is -2.15. The van der Waals surface area contributed by atoms with E-state index in [-0.39, 0.29) is 17.2 Å². The molecule has 1 aromatic carbocycles. The van der Waals surface area contributed by atoms with Crippen LogP contribution in [0.4, 0.5) is 4.39 Å². The molecule has 1 fully saturated rings. The molecule has 3 rings (SSSR count). The number of nitrogens with zero attached hydrogens (tertiary/aromatic N) is 3. The van der Waals surface area contributed by atoms with E-state index in [0.717, 1.165) is 10.4 Å². The van der Waals surface area contributed by atoms with Crippen LogP contribution in [0.1, 0.15) is 10.5 Å². The van der Waals surface area contributed by atoms with Gasteiger partial charge in [0.15, 0.2) is 0 Å². The lowest BCUT2D eigenvalue weighted by atomic mass is 10.3. The molecule has 0 unspecified atom stereocenters. The smallest absolute Gasteiger partial charge is 0.275 e. The molecule has 2 aromatic rings. The van der Waals surface area contributed by atoms with Gasteiger partial charge >= 0.3 is 0 Å². The number of carbonyl (C=O) groups is 1. The van der Waals surface area contributed by atoms with Gasteiger partial charge < -0.3 is 4.90 Å². The van der Waals surface area contributed by atoms with Crippen LogP contribution in [-0.4, -0.2) is 38.8 Å². The van der Waals surface area contributed by atoms with Gasteiger partial charge in [-0.25, -0.2) is 4.39 Å². The van der Waals surface area contributed by atoms with Gasteiger partial charge in [-0.3, -0.25) is 9.59 Å². The van der Waals surface area contributed by atoms with Crippen molar-refractivity contribution in [1.82, 2.24) is 14.7 Å². The van der Waals surface area contributed by atoms with Crippen molar-refractivity contribution in [1.29, 1.82) is 0 Å². The molecule has 0 saturated carbocycles. The van der Waals surface area contributed by atoms with E-state index >= 15 is 0 Å². The normalized spacial score (nSPS) is 14.4. The minimum atomic E-state index is -0.395. The fourth-order valence-electron chi connectivity index (χ4n) is 2.03. The van der Waals surface area contributed by atoms with Gasteiger partial charge in [-0.1, -0.05) is 0 Å². The van der Waals surface area contributed by atoms with Crippen molar-refractivity contribution in [2.45, 2.75) is 0 Å². The van der Waals surface area contributed by atoms with Crippen molar-refractivity contribution in [3.05, 3.63) is 58.3 Å². The van der Waals surface area contributed by atoms with Crippen LogP contribution in [0.2, 0.25) is 0 Å². The van der Waals surface area contributed by atoms with E-state index < -0.39 is 5.82 Å². The summed E-state index contributed by atoms with van der Waals surface area (Å²) in [6.45, 7) is 0.681. The predicted octanol–water partition coefficient (Wildman–Crippen LogP) is 1.52. The van der Waals surface area contributed by atoms with Crippen LogP contribution in [0.25, 0.3) is 5.69 Å². The standard InChI is InChI=1S/C14H12FN3O2S/c15-10-1-3-11(4-2-10)18-13(19)6-5-12(16-18)14(20)17-7-8-21-9-17/h1-6H,7-9H2. The lowest BCUT2D eigenvalue weighted by Gasteiger charge is -2.14. The molecule has 1 aliphatic heterocycles. The number of thioether (sulfide) groups is 1. The molecule has 1 amide bonds. The molecule has 0 N–H and O–H groups in total. The zero-order valence-electron chi connectivity index (χ0n) is 11.0. The first-order valence-corrected chi connectivity index (χ1v) is 7.54. The number of amides is 1. The summed E-state index contributed by atoms with van der Waals surface area (Å²) in [5, 5.41) is 4.10. The third-order valence-electron chi connectivity index (χ3n) is 3.13. The summed E-state index contributed by atoms with van der Waals surface area (Å²) in [7, 11) is 0. The molecule has 7 heteroatoms. The molecular formula is C14H12FN3O2S. The van der Waals surface area contributed by atoms with Crippen molar-refractivity contribution < 1.29 is 9.18 Å². The molecule has 0 spiro atoms. The maximum absolute atomic E-state index is 12.9. The van der Waals surface area contributed by atoms with E-state index in [1.54, 1.807) is 16.7 Å². The van der Waals surface area contributed by atoms with Gasteiger partial charge in [-0.2, -0.15) is 9.78 Å². The van der Waals surface area contributed by atoms with E-state index in [9.17, 15) is 14.0 Å². The zero-order chi connectivity index (χ0) is 14.8. The predicted molar refractivity (Wildman–Crippen MR) is 78.2 cm³/mol. The number of rotatable bonds is 2. The molecule has 0 bridgehead atoms. The zero-order valence-corrected chi connectivity index (χ0v) is 11.8. The summed E-state index contributed by atoms with van der Waals surface area (Å²) in [5.41, 5.74) is 0.266. The van der Waals surface area contributed by atoms with Gasteiger partial charge in [-0.15, -0.1) is 11.8 Å². The first-order chi connectivity index (χ1) is 10.1. The number of hydrogen-bond acceptors (Lipinski definition) is 4. The summed E-state index contributed by atoms with van der Waals surface area (Å²) in [6, 6.07) is 8.11. The van der Waals surface area contributed by atoms with Crippen molar-refractivity contribution in [2.24, 2.45) is 0 Å². The van der Waals surface area contributed by atoms with Crippen LogP contribution >= 0.6 is 11.8 Å². The highest BCUT2D eigenvalue weighted by atomic mass is 32.2. The topological polar surface area (TPSA) is 55.2 Å². The van der Waals surface area contributed by atoms with Crippen molar-refractivity contribution in [2.75, 3.05) is 18.2 Å². The third-order valence-corrected chi connectivity index (χ3v) is 4.10. The quantitative estimate of drug-likeness (QED) is 0.844. The molecule has 5 nitrogen and oxygen atoms in total. The highest BCUT2D eigenvalue weighted by molar-refractivity contribution is 7.99. The Balaban J connectivity index is 1.98. The van der Waals surface area contributed by atoms with Gasteiger partial charge in [0.2, 0.25) is 0 Å². The number of aromatic nitrogens is 2. The molecule has 0 aliphatic carbocycles. The third kappa shape index (κ3) is 2.82. The second-order valence-electron chi connectivity index (χ2n) is 4.55. The Bertz CT molecular complexity index is 724. The Kier molecular flexibility index (Phi) is 3.74. The first-order valence-electron chi connectivity index (χ1n) is 6.38. The van der Waals surface area contributed by atoms with E-state index in [0.29, 0.717) is 18.1 Å². The largest absolute Gasteiger partial charge is 0.327 e. The highest BCUT2D eigenvalue weighted by Gasteiger charge is 2.21. The first kappa shape index (κ1) is 13.8. The van der Waals surface area contributed by atoms with Crippen molar-refractivity contribution in [3.63, 3.8) is 0 Å². The van der Waals surface area contributed by atoms with Gasteiger partial charge in [-0.05, 0) is 30.3 Å². The Morgan fingerprint density at radius 2 is 1.95 bits per heavy atom. The molecule has 1 saturated heterocycles. The summed E-state index contributed by atoms with van der Waals surface area (Å²) >= 11 is 1.68. The lowest BCUT2D eigenvalue weighted by Crippen LogP contribution is -2.31. The second kappa shape index (κ2) is 5.69. The molecule has 108 valence electrons. The SMILES string of the molecule is O=C(c1ccc(=O)n(-c2ccc(F)cc2)n1)N1CCSC1. The van der Waals surface area contributed by atoms with Gasteiger partial charge in [0.1, 0.15) is 11.5 Å². The summed E-state index contributed by atoms with van der Waals surface area (Å²) in [6.07, 6.45) is 0. The molecule has 0 radical (unpaired) electrons. The van der Waals surface area contributed by atoms with E-state index in [4.69, 9.17) is 0 Å². The van der Waals surface area contributed by atoms with Crippen LogP contribution < -0.4 is 5.56 Å². The average molecular weight is 305 g/mol. The van der Waals surface area contributed by atoms with Crippen LogP contribution in [-0.2, 0) is 0 Å². The molecule has 2 heterocycles. The lowest BCUT2D eigenvalue weighted by molar-refractivity contribution is 0.0795. The fourth-order valence-corrected chi connectivity index (χ4v) is 2.97. The Morgan fingerprint density at radius 3 is 2.62 bits per heavy atom. The number of carbonyl (C=O) groups excluding carboxylic acids is 1. The monoisotopic (exact) mass is 305 g/mol. The second-order valence-corrected chi connectivity index (χ2v) is 5.63. The highest BCUT2D eigenvalue weighted by Crippen LogP contribution is 2.15. The minimum Gasteiger partial charge on any atom is -0.327 e. The Labute approximate surface area is 124 Å². The number of hydrogen-bond donors (Lipinski definition) is 0. The van der Waals surface area contributed by atoms with E-state index in [1.165, 1.54) is 36.4 Å². The number of benzene rings is 1. The molecule has 21 heavy (non-hydrogen) atoms. The molecule has 1 aliphatic rings. The van der Waals surface area contributed by atoms with E-state index in [2.05, 4.69) is 5.10 Å². The molecular weight excluding hydrogens is 293 g/mol. The van der Waals surface area contributed by atoms with Crippen molar-refractivity contribution >= 4 is 17.7 Å². The molecule has 0 atom stereocenters. The maximum Gasteiger partial charge on any atom is 0.275 e. The fraction of sp³-hybridized carbons (Fsp3) is 0.214. The minimum absolute atomic E-state index is 0.198. The van der Waals surface area contributed by atoms with Crippen LogP contribution in [0.3, 0.4) is 0 Å². The van der Waals surface area contributed by atoms with E-state index in [1.807, 2.05) is 0 Å². The molecule has 1 aromatic heterocycles. The van der Waals surface area contributed by atoms with Crippen LogP contribution in [0, 0.1) is 5.82 Å². The summed E-state index contributed by atoms with van der Waals surface area (Å²) < 4.78 is 14.1. The van der Waals surface area contributed by atoms with Gasteiger partial charge in [0.25, 0.3) is 11.5 Å². The number of halogens is 1.